The van der Waals surface area contributed by atoms with Gasteiger partial charge in [0, 0.05) is 17.7 Å². The van der Waals surface area contributed by atoms with Gasteiger partial charge in [-0.1, -0.05) is 36.4 Å². The number of halogens is 2. The number of carbonyl (C=O) groups excluding carboxylic acids is 1. The van der Waals surface area contributed by atoms with Gasteiger partial charge in [0.1, 0.15) is 10.1 Å². The van der Waals surface area contributed by atoms with E-state index in [2.05, 4.69) is 5.32 Å². The lowest BCUT2D eigenvalue weighted by Gasteiger charge is -2.07. The molecule has 3 rings (SSSR count). The zero-order valence-corrected chi connectivity index (χ0v) is 13.4. The van der Waals surface area contributed by atoms with Gasteiger partial charge in [0.15, 0.2) is 0 Å². The second-order valence-corrected chi connectivity index (χ2v) is 6.71. The third-order valence-electron chi connectivity index (χ3n) is 3.83. The lowest BCUT2D eigenvalue weighted by molar-refractivity contribution is -0.117. The van der Waals surface area contributed by atoms with Crippen molar-refractivity contribution in [3.8, 4) is 5.75 Å². The Labute approximate surface area is 139 Å². The quantitative estimate of drug-likeness (QED) is 0.849. The Bertz CT molecular complexity index is 688. The molecular formula is C17H15Cl2NO2. The molecule has 1 saturated carbocycles. The summed E-state index contributed by atoms with van der Waals surface area (Å²) in [6.07, 6.45) is 0. The monoisotopic (exact) mass is 335 g/mol. The number of amides is 1. The van der Waals surface area contributed by atoms with E-state index in [0.29, 0.717) is 11.4 Å². The Morgan fingerprint density at radius 1 is 1.14 bits per heavy atom. The summed E-state index contributed by atoms with van der Waals surface area (Å²) in [5.41, 5.74) is 1.63. The molecule has 1 aliphatic rings. The van der Waals surface area contributed by atoms with E-state index in [9.17, 15) is 4.79 Å². The van der Waals surface area contributed by atoms with Crippen LogP contribution in [0.1, 0.15) is 11.5 Å². The summed E-state index contributed by atoms with van der Waals surface area (Å²) in [7, 11) is 1.58. The van der Waals surface area contributed by atoms with Gasteiger partial charge in [0.05, 0.1) is 13.0 Å². The maximum Gasteiger partial charge on any atom is 0.231 e. The molecule has 5 heteroatoms. The van der Waals surface area contributed by atoms with E-state index < -0.39 is 10.3 Å². The van der Waals surface area contributed by atoms with Gasteiger partial charge in [-0.05, 0) is 17.7 Å². The normalized spacial score (nSPS) is 22.0. The van der Waals surface area contributed by atoms with Crippen molar-refractivity contribution < 1.29 is 9.53 Å². The number of hydrogen-bond acceptors (Lipinski definition) is 2. The molecule has 0 aromatic heterocycles. The minimum atomic E-state index is -1.07. The third kappa shape index (κ3) is 2.79. The molecule has 0 bridgehead atoms. The summed E-state index contributed by atoms with van der Waals surface area (Å²) in [6, 6.07) is 16.8. The van der Waals surface area contributed by atoms with Gasteiger partial charge in [0.2, 0.25) is 5.91 Å². The number of hydrogen-bond donors (Lipinski definition) is 1. The van der Waals surface area contributed by atoms with E-state index in [-0.39, 0.29) is 11.8 Å². The Hall–Kier alpha value is -1.71. The maximum absolute atomic E-state index is 12.5. The van der Waals surface area contributed by atoms with Crippen LogP contribution in [0.4, 0.5) is 5.69 Å². The summed E-state index contributed by atoms with van der Waals surface area (Å²) >= 11 is 12.6. The van der Waals surface area contributed by atoms with E-state index in [1.165, 1.54) is 0 Å². The summed E-state index contributed by atoms with van der Waals surface area (Å²) in [5.74, 6) is -0.171. The van der Waals surface area contributed by atoms with E-state index in [1.807, 2.05) is 42.5 Å². The minimum Gasteiger partial charge on any atom is -0.497 e. The number of ether oxygens (including phenoxy) is 1. The second-order valence-electron chi connectivity index (χ2n) is 5.26. The topological polar surface area (TPSA) is 38.3 Å². The molecule has 1 N–H and O–H groups in total. The SMILES string of the molecule is COc1cccc(NC(=O)[C@H]2[C@@H](c3ccccc3)C2(Cl)Cl)c1. The van der Waals surface area contributed by atoms with E-state index >= 15 is 0 Å². The molecule has 1 amide bonds. The fourth-order valence-electron chi connectivity index (χ4n) is 2.65. The molecule has 2 aromatic carbocycles. The van der Waals surface area contributed by atoms with Crippen molar-refractivity contribution in [2.45, 2.75) is 10.3 Å². The van der Waals surface area contributed by atoms with E-state index in [4.69, 9.17) is 27.9 Å². The van der Waals surface area contributed by atoms with Crippen LogP contribution < -0.4 is 10.1 Å². The van der Waals surface area contributed by atoms with Gasteiger partial charge in [-0.2, -0.15) is 0 Å². The number of rotatable bonds is 4. The zero-order valence-electron chi connectivity index (χ0n) is 11.9. The van der Waals surface area contributed by atoms with Crippen LogP contribution >= 0.6 is 23.2 Å². The molecule has 1 fully saturated rings. The fraction of sp³-hybridized carbons (Fsp3) is 0.235. The lowest BCUT2D eigenvalue weighted by Crippen LogP contribution is -2.17. The molecule has 0 heterocycles. The van der Waals surface area contributed by atoms with Gasteiger partial charge in [-0.15, -0.1) is 23.2 Å². The summed E-state index contributed by atoms with van der Waals surface area (Å²) in [5, 5.41) is 2.85. The minimum absolute atomic E-state index is 0.188. The highest BCUT2D eigenvalue weighted by atomic mass is 35.5. The molecule has 0 radical (unpaired) electrons. The Kier molecular flexibility index (Phi) is 4.02. The van der Waals surface area contributed by atoms with Crippen molar-refractivity contribution in [1.29, 1.82) is 0 Å². The number of benzene rings is 2. The fourth-order valence-corrected chi connectivity index (χ4v) is 3.48. The Morgan fingerprint density at radius 3 is 2.55 bits per heavy atom. The molecule has 2 atom stereocenters. The van der Waals surface area contributed by atoms with Crippen LogP contribution in [0.2, 0.25) is 0 Å². The van der Waals surface area contributed by atoms with Crippen LogP contribution in [0.5, 0.6) is 5.75 Å². The molecule has 1 aliphatic carbocycles. The predicted molar refractivity (Wildman–Crippen MR) is 88.7 cm³/mol. The third-order valence-corrected chi connectivity index (χ3v) is 4.77. The average Bonchev–Trinajstić information content (AvgIpc) is 3.11. The number of alkyl halides is 2. The molecule has 0 aliphatic heterocycles. The number of anilines is 1. The highest BCUT2D eigenvalue weighted by Gasteiger charge is 2.67. The van der Waals surface area contributed by atoms with Crippen molar-refractivity contribution in [3.63, 3.8) is 0 Å². The van der Waals surface area contributed by atoms with Gasteiger partial charge in [0.25, 0.3) is 0 Å². The van der Waals surface area contributed by atoms with Crippen LogP contribution in [0.15, 0.2) is 54.6 Å². The predicted octanol–water partition coefficient (Wildman–Crippen LogP) is 4.22. The zero-order chi connectivity index (χ0) is 15.7. The summed E-state index contributed by atoms with van der Waals surface area (Å²) in [4.78, 5) is 12.5. The van der Waals surface area contributed by atoms with Gasteiger partial charge in [-0.3, -0.25) is 4.79 Å². The molecule has 0 saturated heterocycles. The first kappa shape index (κ1) is 15.2. The standard InChI is InChI=1S/C17H15Cl2NO2/c1-22-13-9-5-8-12(10-13)20-16(21)15-14(17(15,18)19)11-6-3-2-4-7-11/h2-10,14-15H,1H3,(H,20,21)/t14-,15-/m1/s1. The van der Waals surface area contributed by atoms with Gasteiger partial charge < -0.3 is 10.1 Å². The average molecular weight is 336 g/mol. The summed E-state index contributed by atoms with van der Waals surface area (Å²) < 4.78 is 4.08. The van der Waals surface area contributed by atoms with Crippen molar-refractivity contribution in [2.75, 3.05) is 12.4 Å². The van der Waals surface area contributed by atoms with Gasteiger partial charge in [-0.25, -0.2) is 0 Å². The van der Waals surface area contributed by atoms with Crippen LogP contribution in [0, 0.1) is 5.92 Å². The molecule has 3 nitrogen and oxygen atoms in total. The number of nitrogens with one attached hydrogen (secondary N) is 1. The first-order valence-electron chi connectivity index (χ1n) is 6.91. The van der Waals surface area contributed by atoms with Crippen molar-refractivity contribution >= 4 is 34.8 Å². The molecule has 114 valence electrons. The Morgan fingerprint density at radius 2 is 1.86 bits per heavy atom. The summed E-state index contributed by atoms with van der Waals surface area (Å²) in [6.45, 7) is 0. The smallest absolute Gasteiger partial charge is 0.231 e. The largest absolute Gasteiger partial charge is 0.497 e. The maximum atomic E-state index is 12.5. The molecule has 0 unspecified atom stereocenters. The van der Waals surface area contributed by atoms with Crippen LogP contribution in [0.25, 0.3) is 0 Å². The Balaban J connectivity index is 1.75. The van der Waals surface area contributed by atoms with Crippen molar-refractivity contribution in [3.05, 3.63) is 60.2 Å². The first-order chi connectivity index (χ1) is 10.5. The molecule has 2 aromatic rings. The number of carbonyl (C=O) groups is 1. The molecule has 0 spiro atoms. The van der Waals surface area contributed by atoms with E-state index in [0.717, 1.165) is 5.56 Å². The van der Waals surface area contributed by atoms with Crippen LogP contribution in [-0.4, -0.2) is 17.4 Å². The highest BCUT2D eigenvalue weighted by molar-refractivity contribution is 6.53. The van der Waals surface area contributed by atoms with Crippen LogP contribution in [-0.2, 0) is 4.79 Å². The molecular weight excluding hydrogens is 321 g/mol. The van der Waals surface area contributed by atoms with Crippen molar-refractivity contribution in [1.82, 2.24) is 0 Å². The highest BCUT2D eigenvalue weighted by Crippen LogP contribution is 2.65. The van der Waals surface area contributed by atoms with Crippen molar-refractivity contribution in [2.24, 2.45) is 5.92 Å². The lowest BCUT2D eigenvalue weighted by atomic mass is 10.1. The first-order valence-corrected chi connectivity index (χ1v) is 7.67. The van der Waals surface area contributed by atoms with Crippen LogP contribution in [0.3, 0.4) is 0 Å². The van der Waals surface area contributed by atoms with Gasteiger partial charge >= 0.3 is 0 Å². The van der Waals surface area contributed by atoms with E-state index in [1.54, 1.807) is 19.2 Å². The number of methoxy groups -OCH3 is 1. The second kappa shape index (κ2) is 5.82. The molecule has 22 heavy (non-hydrogen) atoms.